The summed E-state index contributed by atoms with van der Waals surface area (Å²) >= 11 is 1.85. The molecule has 4 heterocycles. The van der Waals surface area contributed by atoms with Crippen molar-refractivity contribution in [2.75, 3.05) is 31.1 Å². The summed E-state index contributed by atoms with van der Waals surface area (Å²) in [6, 6.07) is 3.37. The van der Waals surface area contributed by atoms with Gasteiger partial charge < -0.3 is 25.6 Å². The zero-order valence-electron chi connectivity index (χ0n) is 26.5. The molecule has 0 atom stereocenters. The van der Waals surface area contributed by atoms with Crippen molar-refractivity contribution >= 4 is 41.0 Å². The van der Waals surface area contributed by atoms with Crippen molar-refractivity contribution in [1.29, 1.82) is 0 Å². The topological polar surface area (TPSA) is 146 Å². The van der Waals surface area contributed by atoms with Crippen molar-refractivity contribution in [2.24, 2.45) is 23.2 Å². The number of amides is 2. The highest BCUT2D eigenvalue weighted by Crippen LogP contribution is 2.43. The number of aliphatic hydroxyl groups excluding tert-OH is 1. The van der Waals surface area contributed by atoms with Gasteiger partial charge in [-0.25, -0.2) is 9.98 Å². The third-order valence-corrected chi connectivity index (χ3v) is 9.67. The quantitative estimate of drug-likeness (QED) is 0.187. The normalized spacial score (nSPS) is 16.9. The first-order valence-corrected chi connectivity index (χ1v) is 15.9. The number of aromatic nitrogens is 2. The molecule has 12 heteroatoms. The number of fused-ring (bicyclic) bond motifs is 1. The summed E-state index contributed by atoms with van der Waals surface area (Å²) in [5.74, 6) is 0.454. The maximum absolute atomic E-state index is 13.0. The Hall–Kier alpha value is -4.29. The number of hydrogen-bond acceptors (Lipinski definition) is 8. The van der Waals surface area contributed by atoms with Crippen LogP contribution in [0.5, 0.6) is 0 Å². The maximum Gasteiger partial charge on any atom is 0.276 e. The summed E-state index contributed by atoms with van der Waals surface area (Å²) in [6.07, 6.45) is 8.44. The van der Waals surface area contributed by atoms with Gasteiger partial charge in [-0.1, -0.05) is 13.8 Å². The Morgan fingerprint density at radius 2 is 2.09 bits per heavy atom. The number of aryl methyl sites for hydroxylation is 2. The van der Waals surface area contributed by atoms with Crippen LogP contribution in [0.1, 0.15) is 47.2 Å². The number of piperazine rings is 1. The third kappa shape index (κ3) is 6.86. The van der Waals surface area contributed by atoms with Crippen LogP contribution in [0.25, 0.3) is 11.1 Å². The van der Waals surface area contributed by atoms with Gasteiger partial charge in [0, 0.05) is 78.7 Å². The van der Waals surface area contributed by atoms with Crippen LogP contribution < -0.4 is 21.5 Å². The fraction of sp³-hybridized carbons (Fsp3) is 0.424. The first kappa shape index (κ1) is 32.1. The summed E-state index contributed by atoms with van der Waals surface area (Å²) in [6.45, 7) is 9.87. The van der Waals surface area contributed by atoms with Gasteiger partial charge in [0.25, 0.3) is 5.56 Å². The molecule has 1 saturated heterocycles. The van der Waals surface area contributed by atoms with Crippen molar-refractivity contribution < 1.29 is 14.7 Å². The highest BCUT2D eigenvalue weighted by molar-refractivity contribution is 7.12. The van der Waals surface area contributed by atoms with Gasteiger partial charge in [-0.3, -0.25) is 19.3 Å². The molecule has 0 bridgehead atoms. The van der Waals surface area contributed by atoms with Gasteiger partial charge in [0.15, 0.2) is 0 Å². The zero-order chi connectivity index (χ0) is 32.5. The van der Waals surface area contributed by atoms with Gasteiger partial charge in [-0.05, 0) is 60.4 Å². The molecule has 0 saturated carbocycles. The molecule has 45 heavy (non-hydrogen) atoms. The van der Waals surface area contributed by atoms with E-state index in [4.69, 9.17) is 5.73 Å². The fourth-order valence-electron chi connectivity index (χ4n) is 6.26. The van der Waals surface area contributed by atoms with Crippen molar-refractivity contribution in [1.82, 2.24) is 19.8 Å². The molecular formula is C33H41N7O4S. The molecular weight excluding hydrogens is 590 g/mol. The highest BCUT2D eigenvalue weighted by atomic mass is 32.1. The van der Waals surface area contributed by atoms with Gasteiger partial charge >= 0.3 is 0 Å². The summed E-state index contributed by atoms with van der Waals surface area (Å²) in [7, 11) is 1.62. The predicted octanol–water partition coefficient (Wildman–Crippen LogP) is 2.96. The number of rotatable bonds is 9. The lowest BCUT2D eigenvalue weighted by molar-refractivity contribution is -0.128. The second kappa shape index (κ2) is 13.0. The number of hydrogen-bond donors (Lipinski definition) is 3. The Morgan fingerprint density at radius 1 is 1.31 bits per heavy atom. The number of carbonyl (C=O) groups excluding carboxylic acids is 2. The number of anilines is 1. The number of thiophene rings is 1. The lowest BCUT2D eigenvalue weighted by Gasteiger charge is -2.28. The minimum absolute atomic E-state index is 0.0295. The van der Waals surface area contributed by atoms with Crippen LogP contribution in [0.3, 0.4) is 0 Å². The van der Waals surface area contributed by atoms with E-state index in [9.17, 15) is 19.5 Å². The summed E-state index contributed by atoms with van der Waals surface area (Å²) in [4.78, 5) is 52.1. The number of amidine groups is 1. The van der Waals surface area contributed by atoms with Crippen LogP contribution in [0.2, 0.25) is 0 Å². The Bertz CT molecular complexity index is 1750. The van der Waals surface area contributed by atoms with E-state index in [2.05, 4.69) is 36.1 Å². The number of aliphatic imine (C=N–C) groups is 1. The molecule has 2 amide bonds. The third-order valence-electron chi connectivity index (χ3n) is 8.48. The van der Waals surface area contributed by atoms with Gasteiger partial charge in [0.2, 0.25) is 12.3 Å². The molecule has 1 fully saturated rings. The van der Waals surface area contributed by atoms with Crippen LogP contribution in [0.4, 0.5) is 11.5 Å². The minimum atomic E-state index is -0.363. The summed E-state index contributed by atoms with van der Waals surface area (Å²) in [5, 5.41) is 13.7. The zero-order valence-corrected chi connectivity index (χ0v) is 27.3. The van der Waals surface area contributed by atoms with Crippen molar-refractivity contribution in [3.05, 3.63) is 73.1 Å². The second-order valence-electron chi connectivity index (χ2n) is 12.5. The smallest absolute Gasteiger partial charge is 0.276 e. The van der Waals surface area contributed by atoms with Crippen molar-refractivity contribution in [3.63, 3.8) is 0 Å². The van der Waals surface area contributed by atoms with Gasteiger partial charge in [0.1, 0.15) is 17.3 Å². The first-order valence-electron chi connectivity index (χ1n) is 15.1. The predicted molar refractivity (Wildman–Crippen MR) is 178 cm³/mol. The van der Waals surface area contributed by atoms with Gasteiger partial charge in [-0.2, -0.15) is 0 Å². The maximum atomic E-state index is 13.0. The summed E-state index contributed by atoms with van der Waals surface area (Å²) < 4.78 is 1.41. The van der Waals surface area contributed by atoms with Gasteiger partial charge in [-0.15, -0.1) is 11.3 Å². The van der Waals surface area contributed by atoms with E-state index in [-0.39, 0.29) is 35.0 Å². The molecule has 5 rings (SSSR count). The highest BCUT2D eigenvalue weighted by Gasteiger charge is 2.33. The van der Waals surface area contributed by atoms with Gasteiger partial charge in [0.05, 0.1) is 13.2 Å². The molecule has 1 aliphatic heterocycles. The van der Waals surface area contributed by atoms with E-state index in [1.54, 1.807) is 47.4 Å². The number of nitrogens with zero attached hydrogens (tertiary/aromatic N) is 5. The molecule has 0 unspecified atom stereocenters. The Balaban J connectivity index is 1.44. The Kier molecular flexibility index (Phi) is 9.26. The monoisotopic (exact) mass is 631 g/mol. The molecule has 3 aromatic rings. The molecule has 0 spiro atoms. The van der Waals surface area contributed by atoms with E-state index in [0.29, 0.717) is 55.1 Å². The second-order valence-corrected chi connectivity index (χ2v) is 13.8. The number of aliphatic hydroxyl groups is 1. The number of carbonyl (C=O) groups is 2. The molecule has 2 aliphatic rings. The first-order chi connectivity index (χ1) is 21.4. The minimum Gasteiger partial charge on any atom is -0.392 e. The molecule has 3 aromatic heterocycles. The summed E-state index contributed by atoms with van der Waals surface area (Å²) in [5.41, 5.74) is 11.4. The number of nitrogens with two attached hydrogens (primary N) is 1. The van der Waals surface area contributed by atoms with Crippen LogP contribution in [-0.4, -0.2) is 63.9 Å². The van der Waals surface area contributed by atoms with E-state index in [1.807, 2.05) is 11.3 Å². The number of pyridine rings is 2. The van der Waals surface area contributed by atoms with Crippen LogP contribution >= 0.6 is 11.3 Å². The van der Waals surface area contributed by atoms with Crippen molar-refractivity contribution in [2.45, 2.75) is 53.6 Å². The average Bonchev–Trinajstić information content (AvgIpc) is 3.44. The molecule has 0 radical (unpaired) electrons. The van der Waals surface area contributed by atoms with Crippen molar-refractivity contribution in [3.8, 4) is 11.1 Å². The number of nitrogens with one attached hydrogen (secondary N) is 1. The van der Waals surface area contributed by atoms with E-state index in [1.165, 1.54) is 32.4 Å². The van der Waals surface area contributed by atoms with E-state index < -0.39 is 0 Å². The molecule has 238 valence electrons. The van der Waals surface area contributed by atoms with E-state index in [0.717, 1.165) is 24.9 Å². The van der Waals surface area contributed by atoms with Crippen LogP contribution in [-0.2, 0) is 42.5 Å². The molecule has 4 N–H and O–H groups in total. The lowest BCUT2D eigenvalue weighted by atomic mass is 9.89. The standard InChI is InChI=1S/C33H41N7O4S/c1-20-24(26-14-33(3,4)15-29(26)45-20)7-10-40(19-42)31-27(18-41)25(6-8-36-31)22-12-28(32(44)38(5)16-22)37-30(34)13-23-17-39(21(2)43)11-9-35-23/h6,8,12-13,16,19,35,41H,7,9-11,14-15,17-18H2,1-5H3,(H2,34,37)/b23-13-. The molecule has 11 nitrogen and oxygen atoms in total. The lowest BCUT2D eigenvalue weighted by Crippen LogP contribution is -2.44. The average molecular weight is 632 g/mol. The molecule has 0 aromatic carbocycles. The molecule has 1 aliphatic carbocycles. The fourth-order valence-corrected chi connectivity index (χ4v) is 7.76. The SMILES string of the molecule is CC(=O)N1CCN/C(=C\C(N)=Nc2cc(-c3ccnc(N(C=O)CCc4c(C)sc5c4CC(C)(C)C5)c3CO)cn(C)c2=O)C1. The Morgan fingerprint density at radius 3 is 2.80 bits per heavy atom. The Labute approximate surface area is 267 Å². The van der Waals surface area contributed by atoms with E-state index >= 15 is 0 Å². The largest absolute Gasteiger partial charge is 0.392 e. The van der Waals surface area contributed by atoms with Crippen LogP contribution in [0, 0.1) is 12.3 Å². The van der Waals surface area contributed by atoms with Crippen LogP contribution in [0.15, 0.2) is 46.1 Å².